The molecule has 2 aromatic rings. The van der Waals surface area contributed by atoms with Gasteiger partial charge in [0.25, 0.3) is 10.0 Å². The zero-order valence-corrected chi connectivity index (χ0v) is 16.2. The number of carbonyl (C=O) groups is 1. The summed E-state index contributed by atoms with van der Waals surface area (Å²) in [5.74, 6) is -0.808. The highest BCUT2D eigenvalue weighted by molar-refractivity contribution is 7.91. The number of ether oxygens (including phenoxy) is 2. The van der Waals surface area contributed by atoms with Crippen molar-refractivity contribution in [2.75, 3.05) is 14.2 Å². The molecule has 0 aliphatic carbocycles. The predicted molar refractivity (Wildman–Crippen MR) is 94.1 cm³/mol. The summed E-state index contributed by atoms with van der Waals surface area (Å²) >= 11 is 0.820. The Morgan fingerprint density at radius 1 is 1.15 bits per heavy atom. The Bertz CT molecular complexity index is 1010. The van der Waals surface area contributed by atoms with Crippen LogP contribution in [0.2, 0.25) is 0 Å². The van der Waals surface area contributed by atoms with Crippen molar-refractivity contribution in [3.8, 4) is 5.75 Å². The molecule has 0 aliphatic rings. The molecule has 0 atom stereocenters. The molecule has 0 saturated heterocycles. The fourth-order valence-electron chi connectivity index (χ4n) is 2.00. The highest BCUT2D eigenvalue weighted by Crippen LogP contribution is 2.34. The summed E-state index contributed by atoms with van der Waals surface area (Å²) in [6.45, 7) is -0.0954. The summed E-state index contributed by atoms with van der Waals surface area (Å²) in [6, 6.07) is 5.43. The van der Waals surface area contributed by atoms with Crippen LogP contribution in [0.25, 0.3) is 0 Å². The fraction of sp³-hybridized carbons (Fsp3) is 0.214. The van der Waals surface area contributed by atoms with E-state index >= 15 is 0 Å². The number of hydrogen-bond donors (Lipinski definition) is 2. The standard InChI is InChI=1S/C14H16N2O7S3/c1-22-12-11(13(17)23-2)8-24-14(12)26(20,21)16-7-9-3-5-10(6-4-9)25(15,18)19/h3-6,8,16H,7H2,1-2H3,(H2,15,18,19). The molecule has 0 unspecified atom stereocenters. The predicted octanol–water partition coefficient (Wildman–Crippen LogP) is 0.669. The average molecular weight is 420 g/mol. The highest BCUT2D eigenvalue weighted by Gasteiger charge is 2.27. The second-order valence-corrected chi connectivity index (χ2v) is 9.38. The van der Waals surface area contributed by atoms with Gasteiger partial charge in [0.05, 0.1) is 19.1 Å². The maximum absolute atomic E-state index is 12.5. The van der Waals surface area contributed by atoms with Gasteiger partial charge in [-0.05, 0) is 17.7 Å². The molecule has 1 aromatic heterocycles. The normalized spacial score (nSPS) is 12.0. The fourth-order valence-corrected chi connectivity index (χ4v) is 5.00. The van der Waals surface area contributed by atoms with E-state index in [1.165, 1.54) is 43.9 Å². The number of methoxy groups -OCH3 is 2. The number of rotatable bonds is 7. The molecule has 0 fully saturated rings. The Hall–Kier alpha value is -1.99. The molecule has 142 valence electrons. The lowest BCUT2D eigenvalue weighted by Gasteiger charge is -2.08. The van der Waals surface area contributed by atoms with Crippen molar-refractivity contribution in [2.45, 2.75) is 15.6 Å². The monoisotopic (exact) mass is 420 g/mol. The van der Waals surface area contributed by atoms with Crippen molar-refractivity contribution < 1.29 is 31.1 Å². The molecule has 26 heavy (non-hydrogen) atoms. The minimum Gasteiger partial charge on any atom is -0.494 e. The van der Waals surface area contributed by atoms with Crippen LogP contribution in [0.5, 0.6) is 5.75 Å². The smallest absolute Gasteiger partial charge is 0.342 e. The molecule has 0 radical (unpaired) electrons. The van der Waals surface area contributed by atoms with Crippen LogP contribution < -0.4 is 14.6 Å². The second-order valence-electron chi connectivity index (χ2n) is 4.98. The molecule has 12 heteroatoms. The summed E-state index contributed by atoms with van der Waals surface area (Å²) in [5, 5.41) is 6.34. The first kappa shape index (κ1) is 20.3. The third-order valence-electron chi connectivity index (χ3n) is 3.29. The van der Waals surface area contributed by atoms with Crippen molar-refractivity contribution in [1.82, 2.24) is 4.72 Å². The van der Waals surface area contributed by atoms with Crippen molar-refractivity contribution in [3.05, 3.63) is 40.8 Å². The summed E-state index contributed by atoms with van der Waals surface area (Å²) in [6.07, 6.45) is 0. The van der Waals surface area contributed by atoms with E-state index in [1.807, 2.05) is 0 Å². The van der Waals surface area contributed by atoms with E-state index in [2.05, 4.69) is 9.46 Å². The number of nitrogens with one attached hydrogen (secondary N) is 1. The maximum Gasteiger partial charge on any atom is 0.342 e. The lowest BCUT2D eigenvalue weighted by molar-refractivity contribution is 0.0597. The van der Waals surface area contributed by atoms with Crippen LogP contribution >= 0.6 is 11.3 Å². The molecule has 0 amide bonds. The minimum atomic E-state index is -3.97. The molecule has 0 saturated carbocycles. The van der Waals surface area contributed by atoms with Crippen molar-refractivity contribution in [3.63, 3.8) is 0 Å². The molecule has 1 aromatic carbocycles. The Morgan fingerprint density at radius 2 is 1.77 bits per heavy atom. The van der Waals surface area contributed by atoms with Gasteiger partial charge in [0.1, 0.15) is 5.56 Å². The number of primary sulfonamides is 1. The minimum absolute atomic E-state index is 0.0119. The van der Waals surface area contributed by atoms with E-state index in [1.54, 1.807) is 0 Å². The lowest BCUT2D eigenvalue weighted by atomic mass is 10.2. The first-order valence-electron chi connectivity index (χ1n) is 6.95. The lowest BCUT2D eigenvalue weighted by Crippen LogP contribution is -2.23. The SMILES string of the molecule is COC(=O)c1csc(S(=O)(=O)NCc2ccc(S(N)(=O)=O)cc2)c1OC. The van der Waals surface area contributed by atoms with E-state index in [4.69, 9.17) is 9.88 Å². The van der Waals surface area contributed by atoms with Crippen molar-refractivity contribution >= 4 is 37.4 Å². The summed E-state index contributed by atoms with van der Waals surface area (Å²) < 4.78 is 59.2. The number of nitrogens with two attached hydrogens (primary N) is 1. The molecule has 9 nitrogen and oxygen atoms in total. The number of thiophene rings is 1. The van der Waals surface area contributed by atoms with Gasteiger partial charge in [0, 0.05) is 11.9 Å². The van der Waals surface area contributed by atoms with Gasteiger partial charge in [-0.15, -0.1) is 11.3 Å². The van der Waals surface area contributed by atoms with E-state index in [0.29, 0.717) is 5.56 Å². The van der Waals surface area contributed by atoms with Crippen LogP contribution in [0.3, 0.4) is 0 Å². The number of sulfonamides is 2. The van der Waals surface area contributed by atoms with Gasteiger partial charge < -0.3 is 9.47 Å². The van der Waals surface area contributed by atoms with Gasteiger partial charge in [-0.25, -0.2) is 31.5 Å². The second kappa shape index (κ2) is 7.72. The van der Waals surface area contributed by atoms with Gasteiger partial charge in [-0.2, -0.15) is 0 Å². The molecular formula is C14H16N2O7S3. The summed E-state index contributed by atoms with van der Waals surface area (Å²) in [7, 11) is -5.36. The van der Waals surface area contributed by atoms with Crippen LogP contribution in [0, 0.1) is 0 Å². The molecule has 0 spiro atoms. The number of benzene rings is 1. The topological polar surface area (TPSA) is 142 Å². The Morgan fingerprint density at radius 3 is 2.27 bits per heavy atom. The van der Waals surface area contributed by atoms with Gasteiger partial charge in [-0.3, -0.25) is 0 Å². The first-order chi connectivity index (χ1) is 12.1. The van der Waals surface area contributed by atoms with Crippen molar-refractivity contribution in [1.29, 1.82) is 0 Å². The maximum atomic E-state index is 12.5. The highest BCUT2D eigenvalue weighted by atomic mass is 32.2. The third-order valence-corrected chi connectivity index (χ3v) is 7.11. The molecule has 0 aliphatic heterocycles. The largest absolute Gasteiger partial charge is 0.494 e. The molecule has 0 bridgehead atoms. The first-order valence-corrected chi connectivity index (χ1v) is 10.9. The number of hydrogen-bond acceptors (Lipinski definition) is 8. The van der Waals surface area contributed by atoms with Crippen LogP contribution in [0.4, 0.5) is 0 Å². The van der Waals surface area contributed by atoms with Crippen LogP contribution in [0.1, 0.15) is 15.9 Å². The summed E-state index contributed by atoms with van der Waals surface area (Å²) in [4.78, 5) is 11.6. The Kier molecular flexibility index (Phi) is 6.03. The van der Waals surface area contributed by atoms with Gasteiger partial charge in [0.15, 0.2) is 9.96 Å². The van der Waals surface area contributed by atoms with E-state index < -0.39 is 26.0 Å². The zero-order chi connectivity index (χ0) is 19.5. The average Bonchev–Trinajstić information content (AvgIpc) is 3.04. The molecule has 1 heterocycles. The Labute approximate surface area is 154 Å². The van der Waals surface area contributed by atoms with Gasteiger partial charge in [0.2, 0.25) is 10.0 Å². The Balaban J connectivity index is 2.22. The quantitative estimate of drug-likeness (QED) is 0.627. The zero-order valence-electron chi connectivity index (χ0n) is 13.8. The van der Waals surface area contributed by atoms with E-state index in [9.17, 15) is 21.6 Å². The molecule has 3 N–H and O–H groups in total. The van der Waals surface area contributed by atoms with Gasteiger partial charge >= 0.3 is 5.97 Å². The molecule has 2 rings (SSSR count). The third kappa shape index (κ3) is 4.40. The van der Waals surface area contributed by atoms with Gasteiger partial charge in [-0.1, -0.05) is 12.1 Å². The van der Waals surface area contributed by atoms with Crippen molar-refractivity contribution in [2.24, 2.45) is 5.14 Å². The van der Waals surface area contributed by atoms with Crippen LogP contribution in [0.15, 0.2) is 38.8 Å². The van der Waals surface area contributed by atoms with E-state index in [-0.39, 0.29) is 27.0 Å². The van der Waals surface area contributed by atoms with Crippen LogP contribution in [-0.2, 0) is 31.3 Å². The summed E-state index contributed by atoms with van der Waals surface area (Å²) in [5.41, 5.74) is 0.530. The van der Waals surface area contributed by atoms with E-state index in [0.717, 1.165) is 11.3 Å². The number of esters is 1. The molecular weight excluding hydrogens is 404 g/mol. The number of carbonyl (C=O) groups excluding carboxylic acids is 1. The van der Waals surface area contributed by atoms with Crippen LogP contribution in [-0.4, -0.2) is 37.0 Å².